The molecule has 0 saturated carbocycles. The van der Waals surface area contributed by atoms with Crippen molar-refractivity contribution < 1.29 is 14.7 Å². The average molecular weight is 214 g/mol. The Balaban J connectivity index is 2.17. The zero-order chi connectivity index (χ0) is 10.1. The number of aliphatic carboxylic acids is 1. The summed E-state index contributed by atoms with van der Waals surface area (Å²) in [5.74, 6) is -1.35. The summed E-state index contributed by atoms with van der Waals surface area (Å²) in [6.07, 6.45) is 1.14. The van der Waals surface area contributed by atoms with Gasteiger partial charge < -0.3 is 5.11 Å². The number of carboxylic acid groups (broad SMARTS) is 1. The normalized spacial score (nSPS) is 20.0. The first-order chi connectivity index (χ1) is 6.66. The number of amides is 1. The van der Waals surface area contributed by atoms with E-state index < -0.39 is 11.2 Å². The van der Waals surface area contributed by atoms with Crippen molar-refractivity contribution in [2.75, 3.05) is 5.43 Å². The molecule has 2 N–H and O–H groups in total. The maximum absolute atomic E-state index is 11.3. The van der Waals surface area contributed by atoms with Crippen molar-refractivity contribution in [3.8, 4) is 0 Å². The highest BCUT2D eigenvalue weighted by Crippen LogP contribution is 2.26. The van der Waals surface area contributed by atoms with Gasteiger partial charge in [0.1, 0.15) is 11.6 Å². The fourth-order valence-corrected chi connectivity index (χ4v) is 1.99. The van der Waals surface area contributed by atoms with Crippen LogP contribution in [0.3, 0.4) is 0 Å². The van der Waals surface area contributed by atoms with Crippen LogP contribution in [0.2, 0.25) is 0 Å². The van der Waals surface area contributed by atoms with Crippen molar-refractivity contribution >= 4 is 23.6 Å². The van der Waals surface area contributed by atoms with E-state index in [-0.39, 0.29) is 12.3 Å². The van der Waals surface area contributed by atoms with E-state index in [0.717, 1.165) is 11.8 Å². The predicted molar refractivity (Wildman–Crippen MR) is 46.3 cm³/mol. The highest BCUT2D eigenvalue weighted by Gasteiger charge is 2.29. The second-order valence-electron chi connectivity index (χ2n) is 2.66. The van der Waals surface area contributed by atoms with Crippen LogP contribution in [0.15, 0.2) is 11.5 Å². The Morgan fingerprint density at radius 1 is 1.79 bits per heavy atom. The molecule has 1 aliphatic rings. The van der Waals surface area contributed by atoms with Gasteiger partial charge in [0.2, 0.25) is 5.16 Å². The summed E-state index contributed by atoms with van der Waals surface area (Å²) >= 11 is 1.10. The van der Waals surface area contributed by atoms with Gasteiger partial charge in [-0.15, -0.1) is 10.2 Å². The summed E-state index contributed by atoms with van der Waals surface area (Å²) in [5, 5.41) is 15.7. The van der Waals surface area contributed by atoms with Crippen LogP contribution in [0.5, 0.6) is 0 Å². The lowest BCUT2D eigenvalue weighted by molar-refractivity contribution is -0.138. The number of carbonyl (C=O) groups is 2. The summed E-state index contributed by atoms with van der Waals surface area (Å²) < 4.78 is 1.37. The average Bonchev–Trinajstić information content (AvgIpc) is 2.51. The molecule has 0 fully saturated rings. The minimum atomic E-state index is -1.01. The van der Waals surface area contributed by atoms with Crippen molar-refractivity contribution in [3.63, 3.8) is 0 Å². The molecule has 0 spiro atoms. The van der Waals surface area contributed by atoms with Crippen molar-refractivity contribution in [1.82, 2.24) is 14.9 Å². The predicted octanol–water partition coefficient (Wildman–Crippen LogP) is -0.703. The second kappa shape index (κ2) is 3.29. The lowest BCUT2D eigenvalue weighted by Crippen LogP contribution is -2.37. The molecule has 2 rings (SSSR count). The lowest BCUT2D eigenvalue weighted by Gasteiger charge is -2.19. The minimum absolute atomic E-state index is 0.219. The molecular formula is C6H6N4O3S. The van der Waals surface area contributed by atoms with Crippen molar-refractivity contribution in [2.45, 2.75) is 16.8 Å². The molecule has 0 aromatic carbocycles. The van der Waals surface area contributed by atoms with Gasteiger partial charge in [0.15, 0.2) is 0 Å². The van der Waals surface area contributed by atoms with Gasteiger partial charge in [-0.25, -0.2) is 4.68 Å². The van der Waals surface area contributed by atoms with Crippen LogP contribution in [-0.4, -0.2) is 37.1 Å². The highest BCUT2D eigenvalue weighted by atomic mass is 32.2. The maximum Gasteiger partial charge on any atom is 0.305 e. The van der Waals surface area contributed by atoms with Gasteiger partial charge in [-0.3, -0.25) is 15.0 Å². The third-order valence-corrected chi connectivity index (χ3v) is 2.80. The van der Waals surface area contributed by atoms with Gasteiger partial charge in [0.05, 0.1) is 6.42 Å². The maximum atomic E-state index is 11.3. The molecule has 0 radical (unpaired) electrons. The van der Waals surface area contributed by atoms with E-state index >= 15 is 0 Å². The molecule has 7 nitrogen and oxygen atoms in total. The lowest BCUT2D eigenvalue weighted by atomic mass is 10.3. The van der Waals surface area contributed by atoms with Crippen LogP contribution in [-0.2, 0) is 9.59 Å². The van der Waals surface area contributed by atoms with Crippen LogP contribution in [0.4, 0.5) is 0 Å². The summed E-state index contributed by atoms with van der Waals surface area (Å²) in [7, 11) is 0. The van der Waals surface area contributed by atoms with Crippen molar-refractivity contribution in [2.24, 2.45) is 0 Å². The molecule has 1 aromatic rings. The van der Waals surface area contributed by atoms with Gasteiger partial charge in [0.25, 0.3) is 5.91 Å². The fourth-order valence-electron chi connectivity index (χ4n) is 1.05. The SMILES string of the molecule is O=C(O)C[C@H]1Sc2nncn2NC1=O. The van der Waals surface area contributed by atoms with E-state index in [9.17, 15) is 9.59 Å². The third-order valence-electron chi connectivity index (χ3n) is 1.65. The Kier molecular flexibility index (Phi) is 2.12. The van der Waals surface area contributed by atoms with E-state index in [1.165, 1.54) is 11.0 Å². The van der Waals surface area contributed by atoms with Crippen LogP contribution < -0.4 is 5.43 Å². The first-order valence-electron chi connectivity index (χ1n) is 3.76. The quantitative estimate of drug-likeness (QED) is 0.675. The highest BCUT2D eigenvalue weighted by molar-refractivity contribution is 8.00. The van der Waals surface area contributed by atoms with Gasteiger partial charge in [0, 0.05) is 0 Å². The molecule has 1 amide bonds. The number of carboxylic acids is 1. The molecule has 0 saturated heterocycles. The number of aromatic nitrogens is 3. The molecular weight excluding hydrogens is 208 g/mol. The molecule has 0 unspecified atom stereocenters. The summed E-state index contributed by atoms with van der Waals surface area (Å²) in [6, 6.07) is 0. The molecule has 1 aromatic heterocycles. The van der Waals surface area contributed by atoms with Gasteiger partial charge in [-0.1, -0.05) is 11.8 Å². The van der Waals surface area contributed by atoms with Gasteiger partial charge >= 0.3 is 5.97 Å². The van der Waals surface area contributed by atoms with Crippen LogP contribution in [0.1, 0.15) is 6.42 Å². The van der Waals surface area contributed by atoms with Crippen LogP contribution in [0, 0.1) is 0 Å². The van der Waals surface area contributed by atoms with E-state index in [2.05, 4.69) is 15.6 Å². The number of hydrogen-bond donors (Lipinski definition) is 2. The van der Waals surface area contributed by atoms with E-state index in [1.807, 2.05) is 0 Å². The number of thioether (sulfide) groups is 1. The minimum Gasteiger partial charge on any atom is -0.481 e. The van der Waals surface area contributed by atoms with E-state index in [0.29, 0.717) is 5.16 Å². The zero-order valence-electron chi connectivity index (χ0n) is 6.88. The second-order valence-corrected chi connectivity index (χ2v) is 3.83. The molecule has 2 heterocycles. The molecule has 1 aliphatic heterocycles. The van der Waals surface area contributed by atoms with E-state index in [4.69, 9.17) is 5.11 Å². The first-order valence-corrected chi connectivity index (χ1v) is 4.64. The summed E-state index contributed by atoms with van der Waals surface area (Å²) in [4.78, 5) is 21.7. The Hall–Kier alpha value is -1.57. The van der Waals surface area contributed by atoms with Crippen molar-refractivity contribution in [3.05, 3.63) is 6.33 Å². The fraction of sp³-hybridized carbons (Fsp3) is 0.333. The topological polar surface area (TPSA) is 97.1 Å². The molecule has 8 heteroatoms. The van der Waals surface area contributed by atoms with Crippen molar-refractivity contribution in [1.29, 1.82) is 0 Å². The molecule has 0 aliphatic carbocycles. The Morgan fingerprint density at radius 3 is 3.29 bits per heavy atom. The molecule has 14 heavy (non-hydrogen) atoms. The largest absolute Gasteiger partial charge is 0.481 e. The van der Waals surface area contributed by atoms with Gasteiger partial charge in [-0.2, -0.15) is 0 Å². The Bertz CT molecular complexity index is 390. The summed E-state index contributed by atoms with van der Waals surface area (Å²) in [5.41, 5.74) is 2.46. The third kappa shape index (κ3) is 1.55. The Morgan fingerprint density at radius 2 is 2.57 bits per heavy atom. The number of fused-ring (bicyclic) bond motifs is 1. The monoisotopic (exact) mass is 214 g/mol. The molecule has 74 valence electrons. The van der Waals surface area contributed by atoms with E-state index in [1.54, 1.807) is 0 Å². The first kappa shape index (κ1) is 9.00. The number of nitrogens with one attached hydrogen (secondary N) is 1. The standard InChI is InChI=1S/C6H6N4O3S/c11-4(12)1-3-5(13)9-10-2-7-8-6(10)14-3/h2-3H,1H2,(H,9,13)(H,11,12)/t3-/m1/s1. The Labute approximate surface area is 82.5 Å². The number of hydrogen-bond acceptors (Lipinski definition) is 5. The number of nitrogens with zero attached hydrogens (tertiary/aromatic N) is 3. The van der Waals surface area contributed by atoms with Gasteiger partial charge in [-0.05, 0) is 0 Å². The van der Waals surface area contributed by atoms with Crippen LogP contribution in [0.25, 0.3) is 0 Å². The van der Waals surface area contributed by atoms with Crippen LogP contribution >= 0.6 is 11.8 Å². The number of rotatable bonds is 2. The molecule has 0 bridgehead atoms. The number of carbonyl (C=O) groups excluding carboxylic acids is 1. The summed E-state index contributed by atoms with van der Waals surface area (Å²) in [6.45, 7) is 0. The zero-order valence-corrected chi connectivity index (χ0v) is 7.69. The smallest absolute Gasteiger partial charge is 0.305 e. The molecule has 1 atom stereocenters.